The summed E-state index contributed by atoms with van der Waals surface area (Å²) in [7, 11) is 0. The number of rotatable bonds is 11. The summed E-state index contributed by atoms with van der Waals surface area (Å²) < 4.78 is 23.9. The molecule has 1 aliphatic carbocycles. The lowest BCUT2D eigenvalue weighted by molar-refractivity contribution is 0.0949. The predicted octanol–water partition coefficient (Wildman–Crippen LogP) is 2.46. The summed E-state index contributed by atoms with van der Waals surface area (Å²) in [5.74, 6) is -1.79. The number of urea groups is 1. The van der Waals surface area contributed by atoms with Crippen LogP contribution in [0.1, 0.15) is 58.4 Å². The van der Waals surface area contributed by atoms with Crippen molar-refractivity contribution in [1.82, 2.24) is 19.9 Å². The van der Waals surface area contributed by atoms with Gasteiger partial charge in [-0.1, -0.05) is 0 Å². The highest BCUT2D eigenvalue weighted by Gasteiger charge is 2.25. The van der Waals surface area contributed by atoms with Gasteiger partial charge in [-0.05, 0) is 81.5 Å². The number of hydrogen-bond donors (Lipinski definition) is 4. The summed E-state index contributed by atoms with van der Waals surface area (Å²) in [5, 5.41) is 8.32. The topological polar surface area (TPSA) is 139 Å². The lowest BCUT2D eigenvalue weighted by Gasteiger charge is -2.14. The van der Waals surface area contributed by atoms with Crippen molar-refractivity contribution in [2.24, 2.45) is 5.73 Å². The number of amides is 4. The van der Waals surface area contributed by atoms with Crippen LogP contribution in [0, 0.1) is 5.82 Å². The van der Waals surface area contributed by atoms with Crippen molar-refractivity contribution >= 4 is 34.4 Å². The zero-order valence-corrected chi connectivity index (χ0v) is 20.1. The second-order valence-corrected chi connectivity index (χ2v) is 9.46. The Hall–Kier alpha value is -3.25. The van der Waals surface area contributed by atoms with Gasteiger partial charge in [0.25, 0.3) is 11.8 Å². The lowest BCUT2D eigenvalue weighted by atomic mass is 10.1. The molecular weight excluding hydrogens is 475 g/mol. The summed E-state index contributed by atoms with van der Waals surface area (Å²) in [5.41, 5.74) is 5.83. The van der Waals surface area contributed by atoms with Crippen molar-refractivity contribution in [3.63, 3.8) is 0 Å². The molecule has 2 aromatic rings. The molecule has 0 spiro atoms. The molecule has 0 bridgehead atoms. The molecule has 1 aliphatic heterocycles. The molecule has 12 heteroatoms. The Bertz CT molecular complexity index is 1080. The molecule has 0 unspecified atom stereocenters. The van der Waals surface area contributed by atoms with Gasteiger partial charge in [0, 0.05) is 23.7 Å². The fraction of sp³-hybridized carbons (Fsp3) is 0.478. The molecule has 4 amide bonds. The van der Waals surface area contributed by atoms with Crippen LogP contribution in [-0.2, 0) is 6.61 Å². The van der Waals surface area contributed by atoms with Gasteiger partial charge in [0.1, 0.15) is 23.0 Å². The maximum absolute atomic E-state index is 14.3. The first-order valence-corrected chi connectivity index (χ1v) is 12.5. The van der Waals surface area contributed by atoms with E-state index in [1.165, 1.54) is 31.0 Å². The van der Waals surface area contributed by atoms with Gasteiger partial charge in [-0.3, -0.25) is 14.9 Å². The Morgan fingerprint density at radius 2 is 2.00 bits per heavy atom. The van der Waals surface area contributed by atoms with Crippen LogP contribution in [0.5, 0.6) is 5.88 Å². The van der Waals surface area contributed by atoms with Crippen molar-refractivity contribution in [3.05, 3.63) is 40.7 Å². The van der Waals surface area contributed by atoms with Gasteiger partial charge in [-0.2, -0.15) is 4.37 Å². The Labute approximate surface area is 206 Å². The highest BCUT2D eigenvalue weighted by molar-refractivity contribution is 7.11. The van der Waals surface area contributed by atoms with E-state index >= 15 is 0 Å². The quantitative estimate of drug-likeness (QED) is 0.347. The Kier molecular flexibility index (Phi) is 8.13. The van der Waals surface area contributed by atoms with Crippen LogP contribution in [0.2, 0.25) is 0 Å². The van der Waals surface area contributed by atoms with Crippen LogP contribution in [0.4, 0.5) is 14.2 Å². The van der Waals surface area contributed by atoms with E-state index in [-0.39, 0.29) is 40.6 Å². The maximum Gasteiger partial charge on any atom is 0.319 e. The number of anilines is 1. The summed E-state index contributed by atoms with van der Waals surface area (Å²) in [4.78, 5) is 38.9. The second-order valence-electron chi connectivity index (χ2n) is 8.68. The number of nitrogens with zero attached hydrogens (tertiary/aromatic N) is 2. The average Bonchev–Trinajstić information content (AvgIpc) is 3.31. The van der Waals surface area contributed by atoms with Crippen LogP contribution >= 0.6 is 11.5 Å². The molecular formula is C23H29FN6O4S. The van der Waals surface area contributed by atoms with E-state index in [1.807, 2.05) is 0 Å². The number of likely N-dealkylation sites (tertiary alicyclic amines) is 1. The van der Waals surface area contributed by atoms with Crippen LogP contribution in [0.15, 0.2) is 18.2 Å². The number of benzene rings is 1. The number of nitrogens with one attached hydrogen (secondary N) is 3. The van der Waals surface area contributed by atoms with E-state index in [4.69, 9.17) is 10.5 Å². The van der Waals surface area contributed by atoms with Gasteiger partial charge in [-0.25, -0.2) is 9.18 Å². The van der Waals surface area contributed by atoms with Crippen molar-refractivity contribution in [2.75, 3.05) is 31.5 Å². The standard InChI is InChI=1S/C23H29FN6O4S/c24-17-7-4-14(20(32)27-16-5-6-16)12-15(17)13-34-21-18(19(25)31)22(35-29-21)28-23(33)26-8-3-11-30-9-1-2-10-30/h4,7,12,16H,1-3,5-6,8-11,13H2,(H2,25,31)(H,27,32)(H2,26,28,33). The van der Waals surface area contributed by atoms with Gasteiger partial charge < -0.3 is 26.0 Å². The van der Waals surface area contributed by atoms with Crippen molar-refractivity contribution in [3.8, 4) is 5.88 Å². The Morgan fingerprint density at radius 3 is 2.71 bits per heavy atom. The third kappa shape index (κ3) is 6.89. The van der Waals surface area contributed by atoms with Crippen LogP contribution < -0.4 is 26.4 Å². The summed E-state index contributed by atoms with van der Waals surface area (Å²) in [6, 6.07) is 3.69. The molecule has 35 heavy (non-hydrogen) atoms. The monoisotopic (exact) mass is 504 g/mol. The van der Waals surface area contributed by atoms with E-state index in [0.717, 1.165) is 50.4 Å². The van der Waals surface area contributed by atoms with Crippen LogP contribution in [0.3, 0.4) is 0 Å². The van der Waals surface area contributed by atoms with Crippen LogP contribution in [0.25, 0.3) is 0 Å². The molecule has 2 fully saturated rings. The Balaban J connectivity index is 1.33. The smallest absolute Gasteiger partial charge is 0.319 e. The lowest BCUT2D eigenvalue weighted by Crippen LogP contribution is -2.32. The molecule has 1 aromatic heterocycles. The normalized spacial score (nSPS) is 15.6. The fourth-order valence-corrected chi connectivity index (χ4v) is 4.54. The molecule has 188 valence electrons. The third-order valence-corrected chi connectivity index (χ3v) is 6.60. The molecule has 10 nitrogen and oxygen atoms in total. The summed E-state index contributed by atoms with van der Waals surface area (Å²) in [6.07, 6.45) is 5.13. The maximum atomic E-state index is 14.3. The van der Waals surface area contributed by atoms with Gasteiger partial charge in [0.05, 0.1) is 0 Å². The number of aromatic nitrogens is 1. The molecule has 1 aromatic carbocycles. The number of primary amides is 1. The second kappa shape index (κ2) is 11.5. The first-order valence-electron chi connectivity index (χ1n) is 11.7. The van der Waals surface area contributed by atoms with Crippen molar-refractivity contribution < 1.29 is 23.5 Å². The summed E-state index contributed by atoms with van der Waals surface area (Å²) in [6.45, 7) is 3.33. The predicted molar refractivity (Wildman–Crippen MR) is 129 cm³/mol. The molecule has 1 saturated carbocycles. The molecule has 2 heterocycles. The molecule has 0 radical (unpaired) electrons. The number of nitrogens with two attached hydrogens (primary N) is 1. The fourth-order valence-electron chi connectivity index (χ4n) is 3.80. The van der Waals surface area contributed by atoms with E-state index in [1.54, 1.807) is 0 Å². The zero-order chi connectivity index (χ0) is 24.8. The number of ether oxygens (including phenoxy) is 1. The first kappa shape index (κ1) is 24.9. The average molecular weight is 505 g/mol. The zero-order valence-electron chi connectivity index (χ0n) is 19.3. The number of carbonyl (C=O) groups is 3. The minimum absolute atomic E-state index is 0.0924. The van der Waals surface area contributed by atoms with Crippen molar-refractivity contribution in [1.29, 1.82) is 0 Å². The SMILES string of the molecule is NC(=O)c1c(OCc2cc(C(=O)NC3CC3)ccc2F)nsc1NC(=O)NCCCN1CCCC1. The highest BCUT2D eigenvalue weighted by atomic mass is 32.1. The minimum Gasteiger partial charge on any atom is -0.471 e. The largest absolute Gasteiger partial charge is 0.471 e. The van der Waals surface area contributed by atoms with Gasteiger partial charge in [-0.15, -0.1) is 0 Å². The van der Waals surface area contributed by atoms with Gasteiger partial charge in [0.15, 0.2) is 0 Å². The van der Waals surface area contributed by atoms with E-state index in [2.05, 4.69) is 25.2 Å². The van der Waals surface area contributed by atoms with Gasteiger partial charge >= 0.3 is 6.03 Å². The molecule has 0 atom stereocenters. The van der Waals surface area contributed by atoms with Crippen LogP contribution in [-0.4, -0.2) is 59.3 Å². The number of hydrogen-bond acceptors (Lipinski definition) is 7. The molecule has 4 rings (SSSR count). The molecule has 2 aliphatic rings. The molecule has 5 N–H and O–H groups in total. The number of halogens is 1. The first-order chi connectivity index (χ1) is 16.9. The van der Waals surface area contributed by atoms with E-state index in [9.17, 15) is 18.8 Å². The van der Waals surface area contributed by atoms with E-state index in [0.29, 0.717) is 12.1 Å². The Morgan fingerprint density at radius 1 is 1.23 bits per heavy atom. The third-order valence-electron chi connectivity index (χ3n) is 5.85. The van der Waals surface area contributed by atoms with Crippen molar-refractivity contribution in [2.45, 2.75) is 44.8 Å². The van der Waals surface area contributed by atoms with Gasteiger partial charge in [0.2, 0.25) is 5.88 Å². The minimum atomic E-state index is -0.837. The highest BCUT2D eigenvalue weighted by Crippen LogP contribution is 2.31. The van der Waals surface area contributed by atoms with E-state index < -0.39 is 17.8 Å². The molecule has 1 saturated heterocycles. The number of carbonyl (C=O) groups excluding carboxylic acids is 3. The summed E-state index contributed by atoms with van der Waals surface area (Å²) >= 11 is 0.840.